The molecule has 0 aromatic carbocycles. The highest BCUT2D eigenvalue weighted by atomic mass is 16.5. The summed E-state index contributed by atoms with van der Waals surface area (Å²) < 4.78 is 11.8. The maximum Gasteiger partial charge on any atom is 0.293 e. The lowest BCUT2D eigenvalue weighted by molar-refractivity contribution is -0.141. The van der Waals surface area contributed by atoms with E-state index in [9.17, 15) is 14.4 Å². The van der Waals surface area contributed by atoms with Crippen LogP contribution in [-0.4, -0.2) is 72.2 Å². The summed E-state index contributed by atoms with van der Waals surface area (Å²) in [4.78, 5) is 40.8. The lowest BCUT2D eigenvalue weighted by Crippen LogP contribution is -2.42. The number of ether oxygens (including phenoxy) is 2. The Kier molecular flexibility index (Phi) is 5.92. The maximum absolute atomic E-state index is 12.6. The molecular weight excluding hydrogens is 338 g/mol. The summed E-state index contributed by atoms with van der Waals surface area (Å²) in [5.41, 5.74) is -0.326. The van der Waals surface area contributed by atoms with Gasteiger partial charge in [-0.3, -0.25) is 14.4 Å². The van der Waals surface area contributed by atoms with Crippen LogP contribution >= 0.6 is 0 Å². The molecule has 2 saturated heterocycles. The van der Waals surface area contributed by atoms with Crippen LogP contribution in [0.5, 0.6) is 5.75 Å². The zero-order chi connectivity index (χ0) is 18.5. The highest BCUT2D eigenvalue weighted by molar-refractivity contribution is 5.81. The van der Waals surface area contributed by atoms with Gasteiger partial charge in [-0.1, -0.05) is 0 Å². The van der Waals surface area contributed by atoms with E-state index in [1.54, 1.807) is 28.1 Å². The summed E-state index contributed by atoms with van der Waals surface area (Å²) in [5, 5.41) is 0. The van der Waals surface area contributed by atoms with Crippen LogP contribution in [0.2, 0.25) is 0 Å². The van der Waals surface area contributed by atoms with Crippen molar-refractivity contribution in [1.29, 1.82) is 0 Å². The number of carbonyl (C=O) groups is 2. The smallest absolute Gasteiger partial charge is 0.293 e. The number of carbonyl (C=O) groups excluding carboxylic acids is 2. The van der Waals surface area contributed by atoms with Crippen molar-refractivity contribution < 1.29 is 19.1 Å². The molecule has 1 atom stereocenters. The summed E-state index contributed by atoms with van der Waals surface area (Å²) in [6.45, 7) is 2.78. The minimum atomic E-state index is -0.326. The van der Waals surface area contributed by atoms with Crippen LogP contribution in [0.1, 0.15) is 19.3 Å². The standard InChI is InChI=1S/C18H25N3O5/c1-25-14-5-2-7-21(17(14)23)13-16(22)19-8-4-9-20(11-10-19)18(24)15-6-3-12-26-15/h2,5,7,15H,3-4,6,8-13H2,1H3/t15-/m0/s1. The highest BCUT2D eigenvalue weighted by Gasteiger charge is 2.30. The van der Waals surface area contributed by atoms with Crippen LogP contribution in [0.4, 0.5) is 0 Å². The van der Waals surface area contributed by atoms with Gasteiger partial charge in [-0.15, -0.1) is 0 Å². The first kappa shape index (κ1) is 18.4. The van der Waals surface area contributed by atoms with Crippen LogP contribution in [-0.2, 0) is 20.9 Å². The molecule has 2 fully saturated rings. The first-order valence-corrected chi connectivity index (χ1v) is 9.02. The first-order valence-electron chi connectivity index (χ1n) is 9.02. The molecule has 1 aromatic heterocycles. The molecule has 2 amide bonds. The number of methoxy groups -OCH3 is 1. The number of aromatic nitrogens is 1. The molecule has 8 heteroatoms. The van der Waals surface area contributed by atoms with Crippen LogP contribution in [0.15, 0.2) is 23.1 Å². The van der Waals surface area contributed by atoms with Crippen molar-refractivity contribution in [2.45, 2.75) is 31.9 Å². The van der Waals surface area contributed by atoms with Gasteiger partial charge in [0, 0.05) is 39.0 Å². The second kappa shape index (κ2) is 8.35. The van der Waals surface area contributed by atoms with Crippen LogP contribution < -0.4 is 10.3 Å². The maximum atomic E-state index is 12.6. The van der Waals surface area contributed by atoms with E-state index >= 15 is 0 Å². The predicted molar refractivity (Wildman–Crippen MR) is 94.0 cm³/mol. The third kappa shape index (κ3) is 4.07. The van der Waals surface area contributed by atoms with E-state index in [4.69, 9.17) is 9.47 Å². The fraction of sp³-hybridized carbons (Fsp3) is 0.611. The molecule has 2 aliphatic heterocycles. The third-order valence-corrected chi connectivity index (χ3v) is 4.88. The summed E-state index contributed by atoms with van der Waals surface area (Å²) in [5.74, 6) is 0.108. The molecule has 0 aliphatic carbocycles. The molecule has 0 N–H and O–H groups in total. The number of amides is 2. The molecule has 1 aromatic rings. The Labute approximate surface area is 152 Å². The number of hydrogen-bond acceptors (Lipinski definition) is 5. The molecule has 0 saturated carbocycles. The van der Waals surface area contributed by atoms with Crippen molar-refractivity contribution in [2.24, 2.45) is 0 Å². The van der Waals surface area contributed by atoms with Gasteiger partial charge in [0.15, 0.2) is 5.75 Å². The van der Waals surface area contributed by atoms with E-state index in [0.717, 1.165) is 19.3 Å². The molecular formula is C18H25N3O5. The van der Waals surface area contributed by atoms with Gasteiger partial charge in [-0.25, -0.2) is 0 Å². The Morgan fingerprint density at radius 3 is 2.69 bits per heavy atom. The lowest BCUT2D eigenvalue weighted by Gasteiger charge is -2.24. The molecule has 0 unspecified atom stereocenters. The molecule has 26 heavy (non-hydrogen) atoms. The van der Waals surface area contributed by atoms with Crippen molar-refractivity contribution in [3.05, 3.63) is 28.7 Å². The van der Waals surface area contributed by atoms with Gasteiger partial charge in [-0.05, 0) is 31.4 Å². The largest absolute Gasteiger partial charge is 0.491 e. The zero-order valence-electron chi connectivity index (χ0n) is 15.1. The monoisotopic (exact) mass is 363 g/mol. The molecule has 8 nitrogen and oxygen atoms in total. The normalized spacial score (nSPS) is 20.7. The summed E-state index contributed by atoms with van der Waals surface area (Å²) >= 11 is 0. The molecule has 2 aliphatic rings. The van der Waals surface area contributed by atoms with Crippen molar-refractivity contribution in [1.82, 2.24) is 14.4 Å². The molecule has 0 bridgehead atoms. The van der Waals surface area contributed by atoms with Gasteiger partial charge < -0.3 is 23.8 Å². The van der Waals surface area contributed by atoms with E-state index in [2.05, 4.69) is 0 Å². The van der Waals surface area contributed by atoms with Crippen LogP contribution in [0.3, 0.4) is 0 Å². The average molecular weight is 363 g/mol. The van der Waals surface area contributed by atoms with Crippen molar-refractivity contribution in [3.63, 3.8) is 0 Å². The van der Waals surface area contributed by atoms with Gasteiger partial charge >= 0.3 is 0 Å². The second-order valence-electron chi connectivity index (χ2n) is 6.57. The first-order chi connectivity index (χ1) is 12.6. The van der Waals surface area contributed by atoms with Gasteiger partial charge in [0.2, 0.25) is 5.91 Å². The number of hydrogen-bond donors (Lipinski definition) is 0. The van der Waals surface area contributed by atoms with Gasteiger partial charge in [0.05, 0.1) is 7.11 Å². The Balaban J connectivity index is 1.59. The number of nitrogens with zero attached hydrogens (tertiary/aromatic N) is 3. The van der Waals surface area contributed by atoms with Crippen molar-refractivity contribution >= 4 is 11.8 Å². The highest BCUT2D eigenvalue weighted by Crippen LogP contribution is 2.16. The summed E-state index contributed by atoms with van der Waals surface area (Å²) in [6, 6.07) is 3.25. The van der Waals surface area contributed by atoms with E-state index < -0.39 is 0 Å². The lowest BCUT2D eigenvalue weighted by atomic mass is 10.2. The van der Waals surface area contributed by atoms with Crippen molar-refractivity contribution in [2.75, 3.05) is 39.9 Å². The van der Waals surface area contributed by atoms with E-state index in [0.29, 0.717) is 32.8 Å². The predicted octanol–water partition coefficient (Wildman–Crippen LogP) is 0.0968. The fourth-order valence-electron chi connectivity index (χ4n) is 3.40. The van der Waals surface area contributed by atoms with Gasteiger partial charge in [0.25, 0.3) is 11.5 Å². The summed E-state index contributed by atoms with van der Waals surface area (Å²) in [6.07, 6.45) is 3.67. The Bertz CT molecular complexity index is 711. The molecule has 0 spiro atoms. The number of rotatable bonds is 4. The average Bonchev–Trinajstić information content (AvgIpc) is 3.07. The van der Waals surface area contributed by atoms with Crippen LogP contribution in [0, 0.1) is 0 Å². The quantitative estimate of drug-likeness (QED) is 0.758. The minimum absolute atomic E-state index is 0.0285. The topological polar surface area (TPSA) is 81.1 Å². The Morgan fingerprint density at radius 1 is 1.19 bits per heavy atom. The SMILES string of the molecule is COc1cccn(CC(=O)N2CCCN(C(=O)[C@@H]3CCCO3)CC2)c1=O. The van der Waals surface area contributed by atoms with Gasteiger partial charge in [0.1, 0.15) is 12.6 Å². The van der Waals surface area contributed by atoms with Gasteiger partial charge in [-0.2, -0.15) is 0 Å². The molecule has 3 rings (SSSR count). The Hall–Kier alpha value is -2.35. The van der Waals surface area contributed by atoms with E-state index in [1.807, 2.05) is 0 Å². The Morgan fingerprint density at radius 2 is 1.96 bits per heavy atom. The van der Waals surface area contributed by atoms with E-state index in [-0.39, 0.29) is 35.8 Å². The van der Waals surface area contributed by atoms with Crippen LogP contribution in [0.25, 0.3) is 0 Å². The van der Waals surface area contributed by atoms with Crippen molar-refractivity contribution in [3.8, 4) is 5.75 Å². The zero-order valence-corrected chi connectivity index (χ0v) is 15.1. The van der Waals surface area contributed by atoms with E-state index in [1.165, 1.54) is 11.7 Å². The fourth-order valence-corrected chi connectivity index (χ4v) is 3.40. The molecule has 0 radical (unpaired) electrons. The second-order valence-corrected chi connectivity index (χ2v) is 6.57. The molecule has 142 valence electrons. The molecule has 3 heterocycles. The number of pyridine rings is 1. The third-order valence-electron chi connectivity index (χ3n) is 4.88. The minimum Gasteiger partial charge on any atom is -0.491 e. The summed E-state index contributed by atoms with van der Waals surface area (Å²) in [7, 11) is 1.43.